The summed E-state index contributed by atoms with van der Waals surface area (Å²) >= 11 is 1.35. The first-order valence-electron chi connectivity index (χ1n) is 4.96. The topological polar surface area (TPSA) is 89.4 Å². The Kier molecular flexibility index (Phi) is 2.59. The Labute approximate surface area is 97.0 Å². The van der Waals surface area contributed by atoms with Crippen LogP contribution < -0.4 is 11.5 Å². The Morgan fingerprint density at radius 1 is 1.44 bits per heavy atom. The van der Waals surface area contributed by atoms with Crippen LogP contribution in [0.25, 0.3) is 0 Å². The third-order valence-corrected chi connectivity index (χ3v) is 3.82. The van der Waals surface area contributed by atoms with Crippen LogP contribution in [0.15, 0.2) is 0 Å². The van der Waals surface area contributed by atoms with Gasteiger partial charge in [-0.3, -0.25) is 9.59 Å². The van der Waals surface area contributed by atoms with Crippen LogP contribution >= 0.6 is 11.3 Å². The van der Waals surface area contributed by atoms with Gasteiger partial charge < -0.3 is 16.4 Å². The average molecular weight is 239 g/mol. The van der Waals surface area contributed by atoms with E-state index in [1.165, 1.54) is 18.3 Å². The van der Waals surface area contributed by atoms with E-state index < -0.39 is 5.91 Å². The summed E-state index contributed by atoms with van der Waals surface area (Å²) in [6.45, 7) is 2.70. The molecule has 2 amide bonds. The predicted molar refractivity (Wildman–Crippen MR) is 62.0 cm³/mol. The second-order valence-corrected chi connectivity index (χ2v) is 4.93. The summed E-state index contributed by atoms with van der Waals surface area (Å²) in [4.78, 5) is 25.2. The number of amides is 2. The lowest BCUT2D eigenvalue weighted by Crippen LogP contribution is -2.34. The second-order valence-electron chi connectivity index (χ2n) is 3.80. The van der Waals surface area contributed by atoms with Crippen molar-refractivity contribution in [3.8, 4) is 0 Å². The molecule has 2 rings (SSSR count). The molecule has 0 unspecified atom stereocenters. The number of fused-ring (bicyclic) bond motifs is 1. The van der Waals surface area contributed by atoms with Crippen molar-refractivity contribution in [1.29, 1.82) is 0 Å². The molecule has 0 bridgehead atoms. The molecule has 0 fully saturated rings. The minimum absolute atomic E-state index is 0.0400. The lowest BCUT2D eigenvalue weighted by molar-refractivity contribution is -0.129. The molecule has 2 heterocycles. The van der Waals surface area contributed by atoms with Crippen LogP contribution in [0.3, 0.4) is 0 Å². The van der Waals surface area contributed by atoms with Crippen LogP contribution in [0, 0.1) is 0 Å². The van der Waals surface area contributed by atoms with E-state index in [2.05, 4.69) is 0 Å². The maximum absolute atomic E-state index is 11.2. The molecule has 0 saturated heterocycles. The van der Waals surface area contributed by atoms with E-state index in [-0.39, 0.29) is 5.91 Å². The van der Waals surface area contributed by atoms with Gasteiger partial charge in [-0.05, 0) is 12.0 Å². The zero-order valence-corrected chi connectivity index (χ0v) is 9.76. The maximum Gasteiger partial charge on any atom is 0.251 e. The summed E-state index contributed by atoms with van der Waals surface area (Å²) in [5, 5.41) is 0.461. The highest BCUT2D eigenvalue weighted by atomic mass is 32.1. The van der Waals surface area contributed by atoms with E-state index in [1.807, 2.05) is 0 Å². The van der Waals surface area contributed by atoms with Crippen molar-refractivity contribution in [2.24, 2.45) is 5.73 Å². The number of carbonyl (C=O) groups excluding carboxylic acids is 2. The average Bonchev–Trinajstić information content (AvgIpc) is 2.51. The van der Waals surface area contributed by atoms with Gasteiger partial charge in [0.1, 0.15) is 0 Å². The molecule has 1 aromatic rings. The fourth-order valence-corrected chi connectivity index (χ4v) is 3.10. The Hall–Kier alpha value is -1.56. The van der Waals surface area contributed by atoms with Gasteiger partial charge in [0, 0.05) is 18.3 Å². The van der Waals surface area contributed by atoms with E-state index in [9.17, 15) is 9.59 Å². The summed E-state index contributed by atoms with van der Waals surface area (Å²) in [6.07, 6.45) is 0.654. The summed E-state index contributed by atoms with van der Waals surface area (Å²) in [7, 11) is 0. The van der Waals surface area contributed by atoms with Crippen LogP contribution in [0.4, 0.5) is 5.00 Å². The first-order chi connectivity index (χ1) is 7.50. The van der Waals surface area contributed by atoms with E-state index >= 15 is 0 Å². The third-order valence-electron chi connectivity index (χ3n) is 2.78. The molecule has 5 nitrogen and oxygen atoms in total. The minimum atomic E-state index is -0.480. The van der Waals surface area contributed by atoms with Gasteiger partial charge in [-0.15, -0.1) is 11.3 Å². The number of rotatable bonds is 1. The van der Waals surface area contributed by atoms with E-state index in [0.717, 1.165) is 10.4 Å². The van der Waals surface area contributed by atoms with Crippen LogP contribution in [0.2, 0.25) is 0 Å². The molecule has 4 N–H and O–H groups in total. The molecule has 1 aliphatic rings. The molecule has 0 aliphatic carbocycles. The molecule has 0 aromatic carbocycles. The molecular formula is C10H13N3O2S. The zero-order valence-electron chi connectivity index (χ0n) is 8.95. The molecule has 86 valence electrons. The molecule has 1 aliphatic heterocycles. The van der Waals surface area contributed by atoms with Crippen molar-refractivity contribution in [3.63, 3.8) is 0 Å². The van der Waals surface area contributed by atoms with Crippen molar-refractivity contribution in [2.75, 3.05) is 12.3 Å². The van der Waals surface area contributed by atoms with E-state index in [4.69, 9.17) is 11.5 Å². The van der Waals surface area contributed by atoms with Crippen molar-refractivity contribution in [2.45, 2.75) is 19.9 Å². The normalized spacial score (nSPS) is 14.7. The maximum atomic E-state index is 11.2. The molecule has 0 spiro atoms. The summed E-state index contributed by atoms with van der Waals surface area (Å²) in [5.41, 5.74) is 12.4. The summed E-state index contributed by atoms with van der Waals surface area (Å²) in [5.74, 6) is -0.440. The van der Waals surface area contributed by atoms with Crippen LogP contribution in [0.5, 0.6) is 0 Å². The molecule has 1 aromatic heterocycles. The number of nitrogens with two attached hydrogens (primary N) is 2. The largest absolute Gasteiger partial charge is 0.390 e. The van der Waals surface area contributed by atoms with Gasteiger partial charge >= 0.3 is 0 Å². The first kappa shape index (κ1) is 10.9. The fraction of sp³-hybridized carbons (Fsp3) is 0.400. The van der Waals surface area contributed by atoms with Gasteiger partial charge in [-0.2, -0.15) is 0 Å². The van der Waals surface area contributed by atoms with Crippen molar-refractivity contribution in [1.82, 2.24) is 4.90 Å². The monoisotopic (exact) mass is 239 g/mol. The highest BCUT2D eigenvalue weighted by Crippen LogP contribution is 2.34. The van der Waals surface area contributed by atoms with Crippen molar-refractivity contribution >= 4 is 28.2 Å². The predicted octanol–water partition coefficient (Wildman–Crippen LogP) is 0.334. The number of hydrogen-bond acceptors (Lipinski definition) is 4. The standard InChI is InChI=1S/C10H13N3O2S/c1-5(14)13-3-2-6-7(4-13)16-10(12)8(6)9(11)15/h2-4,12H2,1H3,(H2,11,15). The number of anilines is 1. The Morgan fingerprint density at radius 3 is 2.69 bits per heavy atom. The highest BCUT2D eigenvalue weighted by Gasteiger charge is 2.26. The SMILES string of the molecule is CC(=O)N1CCc2c(sc(N)c2C(N)=O)C1. The minimum Gasteiger partial charge on any atom is -0.390 e. The van der Waals surface area contributed by atoms with Gasteiger partial charge in [-0.1, -0.05) is 0 Å². The van der Waals surface area contributed by atoms with Crippen LogP contribution in [0.1, 0.15) is 27.7 Å². The number of primary amides is 1. The fourth-order valence-electron chi connectivity index (χ4n) is 1.96. The van der Waals surface area contributed by atoms with E-state index in [1.54, 1.807) is 4.90 Å². The molecule has 6 heteroatoms. The quantitative estimate of drug-likeness (QED) is 0.740. The molecule has 0 saturated carbocycles. The lowest BCUT2D eigenvalue weighted by Gasteiger charge is -2.25. The van der Waals surface area contributed by atoms with Crippen LogP contribution in [-0.4, -0.2) is 23.3 Å². The van der Waals surface area contributed by atoms with Gasteiger partial charge in [0.2, 0.25) is 5.91 Å². The van der Waals surface area contributed by atoms with Gasteiger partial charge in [0.05, 0.1) is 17.1 Å². The smallest absolute Gasteiger partial charge is 0.251 e. The van der Waals surface area contributed by atoms with Gasteiger partial charge in [0.15, 0.2) is 0 Å². The van der Waals surface area contributed by atoms with Gasteiger partial charge in [-0.25, -0.2) is 0 Å². The number of carbonyl (C=O) groups is 2. The third kappa shape index (κ3) is 1.65. The number of thiophene rings is 1. The molecule has 16 heavy (non-hydrogen) atoms. The molecular weight excluding hydrogens is 226 g/mol. The van der Waals surface area contributed by atoms with Crippen molar-refractivity contribution < 1.29 is 9.59 Å². The van der Waals surface area contributed by atoms with Gasteiger partial charge in [0.25, 0.3) is 5.91 Å². The number of nitrogen functional groups attached to an aromatic ring is 1. The number of nitrogens with zero attached hydrogens (tertiary/aromatic N) is 1. The highest BCUT2D eigenvalue weighted by molar-refractivity contribution is 7.16. The van der Waals surface area contributed by atoms with E-state index in [0.29, 0.717) is 30.1 Å². The summed E-state index contributed by atoms with van der Waals surface area (Å²) < 4.78 is 0. The van der Waals surface area contributed by atoms with Crippen LogP contribution in [-0.2, 0) is 17.8 Å². The number of hydrogen-bond donors (Lipinski definition) is 2. The Balaban J connectivity index is 2.39. The molecule has 0 atom stereocenters. The second kappa shape index (κ2) is 3.79. The summed E-state index contributed by atoms with van der Waals surface area (Å²) in [6, 6.07) is 0. The lowest BCUT2D eigenvalue weighted by atomic mass is 10.0. The Bertz CT molecular complexity index is 467. The van der Waals surface area contributed by atoms with Crippen molar-refractivity contribution in [3.05, 3.63) is 16.0 Å². The Morgan fingerprint density at radius 2 is 2.12 bits per heavy atom. The first-order valence-corrected chi connectivity index (χ1v) is 5.77. The molecule has 0 radical (unpaired) electrons. The zero-order chi connectivity index (χ0) is 11.9.